The number of carbonyl (C=O) groups excluding carboxylic acids is 1. The van der Waals surface area contributed by atoms with Crippen LogP contribution in [-0.4, -0.2) is 11.3 Å². The number of hydrogen-bond donors (Lipinski definition) is 0. The Morgan fingerprint density at radius 3 is 2.63 bits per heavy atom. The summed E-state index contributed by atoms with van der Waals surface area (Å²) in [6, 6.07) is 4.47. The predicted octanol–water partition coefficient (Wildman–Crippen LogP) is 4.53. The zero-order valence-corrected chi connectivity index (χ0v) is 11.5. The van der Waals surface area contributed by atoms with Gasteiger partial charge in [0.25, 0.3) is 5.19 Å². The average molecular weight is 352 g/mol. The third kappa shape index (κ3) is 3.32. The number of alkyl halides is 3. The van der Waals surface area contributed by atoms with Gasteiger partial charge in [0.1, 0.15) is 12.0 Å². The molecule has 1 aromatic heterocycles. The summed E-state index contributed by atoms with van der Waals surface area (Å²) < 4.78 is 42.8. The van der Waals surface area contributed by atoms with E-state index in [2.05, 4.69) is 20.9 Å². The molecule has 0 saturated carbocycles. The Morgan fingerprint density at radius 1 is 1.37 bits per heavy atom. The maximum Gasteiger partial charge on any atom is 0.434 e. The van der Waals surface area contributed by atoms with E-state index in [0.29, 0.717) is 16.3 Å². The minimum absolute atomic E-state index is 0.119. The van der Waals surface area contributed by atoms with Gasteiger partial charge in [-0.2, -0.15) is 18.2 Å². The molecule has 0 spiro atoms. The Balaban J connectivity index is 2.22. The molecule has 8 heteroatoms. The van der Waals surface area contributed by atoms with Crippen molar-refractivity contribution >= 4 is 33.6 Å². The molecule has 2 rings (SSSR count). The molecule has 0 bridgehead atoms. The number of carbonyl (C=O) groups is 1. The van der Waals surface area contributed by atoms with Gasteiger partial charge in [-0.05, 0) is 34.1 Å². The zero-order chi connectivity index (χ0) is 14.0. The Labute approximate surface area is 118 Å². The van der Waals surface area contributed by atoms with Gasteiger partial charge in [0.15, 0.2) is 5.69 Å². The van der Waals surface area contributed by atoms with Crippen molar-refractivity contribution in [1.82, 2.24) is 4.98 Å². The number of rotatable bonds is 3. The number of aromatic nitrogens is 1. The van der Waals surface area contributed by atoms with Crippen molar-refractivity contribution in [1.29, 1.82) is 0 Å². The summed E-state index contributed by atoms with van der Waals surface area (Å²) in [6.45, 7) is 0. The highest BCUT2D eigenvalue weighted by Gasteiger charge is 2.34. The van der Waals surface area contributed by atoms with E-state index >= 15 is 0 Å². The second-order valence-electron chi connectivity index (χ2n) is 3.41. The van der Waals surface area contributed by atoms with Gasteiger partial charge < -0.3 is 4.74 Å². The fourth-order valence-corrected chi connectivity index (χ4v) is 2.37. The molecule has 3 nitrogen and oxygen atoms in total. The van der Waals surface area contributed by atoms with Crippen LogP contribution >= 0.6 is 27.3 Å². The van der Waals surface area contributed by atoms with Gasteiger partial charge in [-0.3, -0.25) is 4.79 Å². The quantitative estimate of drug-likeness (QED) is 0.762. The van der Waals surface area contributed by atoms with Gasteiger partial charge in [0.2, 0.25) is 0 Å². The molecule has 0 unspecified atom stereocenters. The third-order valence-electron chi connectivity index (χ3n) is 2.06. The summed E-state index contributed by atoms with van der Waals surface area (Å²) >= 11 is 3.91. The highest BCUT2D eigenvalue weighted by molar-refractivity contribution is 9.10. The Bertz CT molecular complexity index is 612. The average Bonchev–Trinajstić information content (AvgIpc) is 2.80. The first-order valence-electron chi connectivity index (χ1n) is 4.85. The van der Waals surface area contributed by atoms with Gasteiger partial charge in [0, 0.05) is 10.9 Å². The van der Waals surface area contributed by atoms with Crippen molar-refractivity contribution < 1.29 is 22.7 Å². The normalized spacial score (nSPS) is 11.4. The molecule has 0 radical (unpaired) electrons. The molecule has 0 aliphatic carbocycles. The van der Waals surface area contributed by atoms with Gasteiger partial charge in [-0.1, -0.05) is 11.3 Å². The van der Waals surface area contributed by atoms with Crippen molar-refractivity contribution in [2.45, 2.75) is 6.18 Å². The fraction of sp³-hybridized carbons (Fsp3) is 0.0909. The van der Waals surface area contributed by atoms with E-state index in [1.807, 2.05) is 0 Å². The minimum Gasteiger partial charge on any atom is -0.430 e. The molecule has 0 aliphatic rings. The smallest absolute Gasteiger partial charge is 0.430 e. The summed E-state index contributed by atoms with van der Waals surface area (Å²) in [5.74, 6) is 0.286. The van der Waals surface area contributed by atoms with Crippen LogP contribution in [0.15, 0.2) is 28.1 Å². The van der Waals surface area contributed by atoms with Crippen molar-refractivity contribution in [3.8, 4) is 10.9 Å². The number of nitrogens with zero attached hydrogens (tertiary/aromatic N) is 1. The van der Waals surface area contributed by atoms with Crippen LogP contribution in [-0.2, 0) is 6.18 Å². The molecule has 0 N–H and O–H groups in total. The summed E-state index contributed by atoms with van der Waals surface area (Å²) in [5, 5.41) is 0.759. The number of benzene rings is 1. The van der Waals surface area contributed by atoms with Crippen molar-refractivity contribution in [3.63, 3.8) is 0 Å². The first kappa shape index (κ1) is 14.0. The third-order valence-corrected chi connectivity index (χ3v) is 3.40. The lowest BCUT2D eigenvalue weighted by molar-refractivity contribution is -0.140. The maximum atomic E-state index is 12.4. The van der Waals surface area contributed by atoms with Crippen LogP contribution in [0.3, 0.4) is 0 Å². The predicted molar refractivity (Wildman–Crippen MR) is 66.7 cm³/mol. The monoisotopic (exact) mass is 351 g/mol. The second kappa shape index (κ2) is 5.30. The lowest BCUT2D eigenvalue weighted by atomic mass is 10.2. The van der Waals surface area contributed by atoms with Crippen LogP contribution < -0.4 is 4.74 Å². The number of aldehydes is 1. The maximum absolute atomic E-state index is 12.4. The zero-order valence-electron chi connectivity index (χ0n) is 9.07. The van der Waals surface area contributed by atoms with Crippen LogP contribution in [0.1, 0.15) is 16.1 Å². The topological polar surface area (TPSA) is 39.2 Å². The van der Waals surface area contributed by atoms with E-state index in [9.17, 15) is 18.0 Å². The lowest BCUT2D eigenvalue weighted by Gasteiger charge is -2.05. The Morgan fingerprint density at radius 2 is 2.11 bits per heavy atom. The van der Waals surface area contributed by atoms with E-state index in [1.54, 1.807) is 0 Å². The molecule has 0 saturated heterocycles. The number of halogens is 4. The largest absolute Gasteiger partial charge is 0.434 e. The summed E-state index contributed by atoms with van der Waals surface area (Å²) in [7, 11) is 0. The second-order valence-corrected chi connectivity index (χ2v) is 5.08. The highest BCUT2D eigenvalue weighted by atomic mass is 79.9. The number of ether oxygens (including phenoxy) is 1. The standard InChI is InChI=1S/C11H5BrF3NO2S/c12-7-3-6(4-17)1-2-8(7)18-10-16-9(5-19-10)11(13,14)15/h1-5H. The van der Waals surface area contributed by atoms with Gasteiger partial charge in [-0.25, -0.2) is 0 Å². The van der Waals surface area contributed by atoms with E-state index in [1.165, 1.54) is 18.2 Å². The van der Waals surface area contributed by atoms with Crippen LogP contribution in [0.25, 0.3) is 0 Å². The van der Waals surface area contributed by atoms with Crippen LogP contribution in [0.2, 0.25) is 0 Å². The molecule has 0 amide bonds. The Hall–Kier alpha value is -1.41. The molecule has 0 atom stereocenters. The van der Waals surface area contributed by atoms with Crippen molar-refractivity contribution in [3.05, 3.63) is 39.3 Å². The minimum atomic E-state index is -4.49. The van der Waals surface area contributed by atoms with E-state index in [4.69, 9.17) is 4.74 Å². The van der Waals surface area contributed by atoms with E-state index in [-0.39, 0.29) is 10.9 Å². The summed E-state index contributed by atoms with van der Waals surface area (Å²) in [6.07, 6.45) is -3.84. The fourth-order valence-electron chi connectivity index (χ4n) is 1.20. The van der Waals surface area contributed by atoms with Crippen LogP contribution in [0, 0.1) is 0 Å². The SMILES string of the molecule is O=Cc1ccc(Oc2nc(C(F)(F)F)cs2)c(Br)c1. The first-order chi connectivity index (χ1) is 8.90. The molecule has 19 heavy (non-hydrogen) atoms. The molecule has 0 aliphatic heterocycles. The van der Waals surface area contributed by atoms with Crippen molar-refractivity contribution in [2.75, 3.05) is 0 Å². The molecule has 0 fully saturated rings. The highest BCUT2D eigenvalue weighted by Crippen LogP contribution is 2.36. The molecule has 1 heterocycles. The molecule has 1 aromatic carbocycles. The summed E-state index contributed by atoms with van der Waals surface area (Å²) in [5.41, 5.74) is -0.567. The molecule has 100 valence electrons. The lowest BCUT2D eigenvalue weighted by Crippen LogP contribution is -2.04. The first-order valence-corrected chi connectivity index (χ1v) is 6.52. The van der Waals surface area contributed by atoms with Gasteiger partial charge in [0.05, 0.1) is 4.47 Å². The van der Waals surface area contributed by atoms with Gasteiger partial charge in [-0.15, -0.1) is 0 Å². The van der Waals surface area contributed by atoms with E-state index in [0.717, 1.165) is 16.7 Å². The molecule has 2 aromatic rings. The van der Waals surface area contributed by atoms with Crippen LogP contribution in [0.5, 0.6) is 10.9 Å². The summed E-state index contributed by atoms with van der Waals surface area (Å²) in [4.78, 5) is 13.9. The molecular formula is C11H5BrF3NO2S. The Kier molecular flexibility index (Phi) is 3.91. The number of thiazole rings is 1. The molecular weight excluding hydrogens is 347 g/mol. The number of hydrogen-bond acceptors (Lipinski definition) is 4. The van der Waals surface area contributed by atoms with Crippen LogP contribution in [0.4, 0.5) is 13.2 Å². The van der Waals surface area contributed by atoms with E-state index < -0.39 is 11.9 Å². The van der Waals surface area contributed by atoms with Gasteiger partial charge >= 0.3 is 6.18 Å². The van der Waals surface area contributed by atoms with Crippen molar-refractivity contribution in [2.24, 2.45) is 0 Å².